The summed E-state index contributed by atoms with van der Waals surface area (Å²) in [5.74, 6) is -0.366. The quantitative estimate of drug-likeness (QED) is 0.660. The second-order valence-electron chi connectivity index (χ2n) is 6.10. The normalized spacial score (nSPS) is 10.8. The first-order chi connectivity index (χ1) is 12.5. The standard InChI is InChI=1S/C20H19FN2O2S/c1-12(2)20-23-18(11-26-20)13-4-6-14(7-5-13)22-19(24)16-9-8-15(25-3)10-17(16)21/h4-12H,1-3H3,(H,22,24). The van der Waals surface area contributed by atoms with Gasteiger partial charge in [-0.3, -0.25) is 4.79 Å². The number of benzene rings is 2. The van der Waals surface area contributed by atoms with Gasteiger partial charge < -0.3 is 10.1 Å². The number of aromatic nitrogens is 1. The Bertz CT molecular complexity index is 920. The van der Waals surface area contributed by atoms with Gasteiger partial charge in [0.1, 0.15) is 11.6 Å². The summed E-state index contributed by atoms with van der Waals surface area (Å²) in [6, 6.07) is 11.5. The third-order valence-corrected chi connectivity index (χ3v) is 5.02. The number of methoxy groups -OCH3 is 1. The van der Waals surface area contributed by atoms with Crippen molar-refractivity contribution in [3.05, 3.63) is 64.2 Å². The van der Waals surface area contributed by atoms with Crippen LogP contribution in [-0.2, 0) is 0 Å². The second kappa shape index (κ2) is 7.66. The van der Waals surface area contributed by atoms with Crippen LogP contribution in [0.2, 0.25) is 0 Å². The maximum atomic E-state index is 14.0. The fourth-order valence-electron chi connectivity index (χ4n) is 2.42. The van der Waals surface area contributed by atoms with Crippen LogP contribution in [0.1, 0.15) is 35.1 Å². The van der Waals surface area contributed by atoms with Crippen molar-refractivity contribution in [2.45, 2.75) is 19.8 Å². The lowest BCUT2D eigenvalue weighted by atomic mass is 10.1. The molecule has 1 amide bonds. The highest BCUT2D eigenvalue weighted by atomic mass is 32.1. The molecule has 0 atom stereocenters. The van der Waals surface area contributed by atoms with Crippen LogP contribution in [-0.4, -0.2) is 18.0 Å². The third kappa shape index (κ3) is 3.91. The zero-order chi connectivity index (χ0) is 18.7. The third-order valence-electron chi connectivity index (χ3n) is 3.88. The average molecular weight is 370 g/mol. The fourth-order valence-corrected chi connectivity index (χ4v) is 3.26. The predicted octanol–water partition coefficient (Wildman–Crippen LogP) is 5.33. The van der Waals surface area contributed by atoms with E-state index in [1.54, 1.807) is 29.5 Å². The predicted molar refractivity (Wildman–Crippen MR) is 103 cm³/mol. The van der Waals surface area contributed by atoms with Crippen LogP contribution >= 0.6 is 11.3 Å². The van der Waals surface area contributed by atoms with Crippen LogP contribution in [0.15, 0.2) is 47.8 Å². The maximum absolute atomic E-state index is 14.0. The summed E-state index contributed by atoms with van der Waals surface area (Å²) in [6.45, 7) is 4.22. The molecule has 0 saturated carbocycles. The Morgan fingerprint density at radius 1 is 1.19 bits per heavy atom. The topological polar surface area (TPSA) is 51.2 Å². The first-order valence-corrected chi connectivity index (χ1v) is 9.06. The Balaban J connectivity index is 1.73. The van der Waals surface area contributed by atoms with Crippen molar-refractivity contribution in [2.75, 3.05) is 12.4 Å². The van der Waals surface area contributed by atoms with Gasteiger partial charge in [-0.2, -0.15) is 0 Å². The first kappa shape index (κ1) is 18.1. The Morgan fingerprint density at radius 2 is 1.92 bits per heavy atom. The summed E-state index contributed by atoms with van der Waals surface area (Å²) in [5, 5.41) is 5.81. The number of hydrogen-bond acceptors (Lipinski definition) is 4. The first-order valence-electron chi connectivity index (χ1n) is 8.18. The molecule has 4 nitrogen and oxygen atoms in total. The van der Waals surface area contributed by atoms with E-state index in [9.17, 15) is 9.18 Å². The SMILES string of the molecule is COc1ccc(C(=O)Nc2ccc(-c3csc(C(C)C)n3)cc2)c(F)c1. The molecule has 0 saturated heterocycles. The lowest BCUT2D eigenvalue weighted by Crippen LogP contribution is -2.13. The van der Waals surface area contributed by atoms with Crippen molar-refractivity contribution >= 4 is 22.9 Å². The molecule has 26 heavy (non-hydrogen) atoms. The number of rotatable bonds is 5. The van der Waals surface area contributed by atoms with Gasteiger partial charge in [-0.15, -0.1) is 11.3 Å². The highest BCUT2D eigenvalue weighted by Gasteiger charge is 2.13. The molecule has 1 N–H and O–H groups in total. The molecule has 0 fully saturated rings. The Hall–Kier alpha value is -2.73. The van der Waals surface area contributed by atoms with Crippen molar-refractivity contribution in [3.63, 3.8) is 0 Å². The molecule has 0 radical (unpaired) electrons. The summed E-state index contributed by atoms with van der Waals surface area (Å²) >= 11 is 1.64. The van der Waals surface area contributed by atoms with Crippen LogP contribution in [0, 0.1) is 5.82 Å². The van der Waals surface area contributed by atoms with Gasteiger partial charge in [0.15, 0.2) is 0 Å². The summed E-state index contributed by atoms with van der Waals surface area (Å²) in [5.41, 5.74) is 2.45. The minimum Gasteiger partial charge on any atom is -0.497 e. The number of carbonyl (C=O) groups excluding carboxylic acids is 1. The van der Waals surface area contributed by atoms with Crippen molar-refractivity contribution in [1.82, 2.24) is 4.98 Å². The van der Waals surface area contributed by atoms with Gasteiger partial charge in [0.05, 0.1) is 23.4 Å². The lowest BCUT2D eigenvalue weighted by molar-refractivity contribution is 0.102. The Morgan fingerprint density at radius 3 is 2.50 bits per heavy atom. The van der Waals surface area contributed by atoms with E-state index in [0.717, 1.165) is 16.3 Å². The van der Waals surface area contributed by atoms with Crippen LogP contribution in [0.4, 0.5) is 10.1 Å². The minimum atomic E-state index is -0.623. The number of anilines is 1. The van der Waals surface area contributed by atoms with Gasteiger partial charge in [-0.1, -0.05) is 26.0 Å². The van der Waals surface area contributed by atoms with E-state index in [-0.39, 0.29) is 5.56 Å². The lowest BCUT2D eigenvalue weighted by Gasteiger charge is -2.08. The number of halogens is 1. The van der Waals surface area contributed by atoms with Crippen LogP contribution in [0.5, 0.6) is 5.75 Å². The molecule has 134 valence electrons. The zero-order valence-corrected chi connectivity index (χ0v) is 15.6. The summed E-state index contributed by atoms with van der Waals surface area (Å²) in [4.78, 5) is 16.9. The summed E-state index contributed by atoms with van der Waals surface area (Å²) in [7, 11) is 1.45. The number of hydrogen-bond donors (Lipinski definition) is 1. The van der Waals surface area contributed by atoms with Gasteiger partial charge in [0.2, 0.25) is 0 Å². The van der Waals surface area contributed by atoms with Crippen LogP contribution in [0.25, 0.3) is 11.3 Å². The van der Waals surface area contributed by atoms with E-state index >= 15 is 0 Å². The average Bonchev–Trinajstić information content (AvgIpc) is 3.12. The molecule has 1 aromatic heterocycles. The number of amides is 1. The molecular formula is C20H19FN2O2S. The Labute approximate surface area is 155 Å². The van der Waals surface area contributed by atoms with E-state index in [0.29, 0.717) is 17.4 Å². The van der Waals surface area contributed by atoms with Gasteiger partial charge in [0.25, 0.3) is 5.91 Å². The number of ether oxygens (including phenoxy) is 1. The highest BCUT2D eigenvalue weighted by Crippen LogP contribution is 2.27. The van der Waals surface area contributed by atoms with Crippen molar-refractivity contribution in [3.8, 4) is 17.0 Å². The van der Waals surface area contributed by atoms with Crippen LogP contribution < -0.4 is 10.1 Å². The number of nitrogens with zero attached hydrogens (tertiary/aromatic N) is 1. The summed E-state index contributed by atoms with van der Waals surface area (Å²) in [6.07, 6.45) is 0. The number of nitrogens with one attached hydrogen (secondary N) is 1. The fraction of sp³-hybridized carbons (Fsp3) is 0.200. The van der Waals surface area contributed by atoms with E-state index in [4.69, 9.17) is 4.74 Å². The molecule has 0 bridgehead atoms. The highest BCUT2D eigenvalue weighted by molar-refractivity contribution is 7.10. The monoisotopic (exact) mass is 370 g/mol. The smallest absolute Gasteiger partial charge is 0.258 e. The molecule has 0 aliphatic heterocycles. The van der Waals surface area contributed by atoms with Gasteiger partial charge in [-0.25, -0.2) is 9.37 Å². The van der Waals surface area contributed by atoms with E-state index in [1.165, 1.54) is 19.2 Å². The van der Waals surface area contributed by atoms with E-state index in [1.807, 2.05) is 17.5 Å². The van der Waals surface area contributed by atoms with Gasteiger partial charge in [0, 0.05) is 28.6 Å². The second-order valence-corrected chi connectivity index (χ2v) is 6.99. The maximum Gasteiger partial charge on any atom is 0.258 e. The van der Waals surface area contributed by atoms with Crippen molar-refractivity contribution < 1.29 is 13.9 Å². The van der Waals surface area contributed by atoms with Crippen molar-refractivity contribution in [1.29, 1.82) is 0 Å². The molecule has 1 heterocycles. The molecule has 3 rings (SSSR count). The van der Waals surface area contributed by atoms with Crippen LogP contribution in [0.3, 0.4) is 0 Å². The number of carbonyl (C=O) groups is 1. The molecule has 0 aliphatic carbocycles. The molecule has 0 aliphatic rings. The molecule has 0 unspecified atom stereocenters. The molecule has 0 spiro atoms. The largest absolute Gasteiger partial charge is 0.497 e. The van der Waals surface area contributed by atoms with Crippen molar-refractivity contribution in [2.24, 2.45) is 0 Å². The molecule has 3 aromatic rings. The molecular weight excluding hydrogens is 351 g/mol. The number of thiazole rings is 1. The van der Waals surface area contributed by atoms with E-state index in [2.05, 4.69) is 24.1 Å². The molecule has 2 aromatic carbocycles. The molecule has 6 heteroatoms. The zero-order valence-electron chi connectivity index (χ0n) is 14.7. The van der Waals surface area contributed by atoms with Gasteiger partial charge in [-0.05, 0) is 24.3 Å². The summed E-state index contributed by atoms with van der Waals surface area (Å²) < 4.78 is 18.9. The Kier molecular flexibility index (Phi) is 5.32. The van der Waals surface area contributed by atoms with Gasteiger partial charge >= 0.3 is 0 Å². The van der Waals surface area contributed by atoms with E-state index < -0.39 is 11.7 Å². The minimum absolute atomic E-state index is 0.0315.